The number of hydrogen-bond acceptors (Lipinski definition) is 4. The van der Waals surface area contributed by atoms with Gasteiger partial charge in [-0.25, -0.2) is 8.42 Å². The molecule has 0 radical (unpaired) electrons. The summed E-state index contributed by atoms with van der Waals surface area (Å²) in [6.07, 6.45) is 1.62. The molecule has 0 unspecified atom stereocenters. The Hall–Kier alpha value is -1.11. The number of benzene rings is 1. The van der Waals surface area contributed by atoms with Crippen molar-refractivity contribution < 1.29 is 13.2 Å². The Balaban J connectivity index is 2.19. The zero-order valence-corrected chi connectivity index (χ0v) is 13.0. The van der Waals surface area contributed by atoms with Crippen LogP contribution >= 0.6 is 0 Å². The van der Waals surface area contributed by atoms with Gasteiger partial charge >= 0.3 is 0 Å². The normalized spacial score (nSPS) is 19.8. The molecule has 0 bridgehead atoms. The van der Waals surface area contributed by atoms with Gasteiger partial charge in [-0.1, -0.05) is 6.07 Å². The summed E-state index contributed by atoms with van der Waals surface area (Å²) < 4.78 is 31.9. The lowest BCUT2D eigenvalue weighted by Gasteiger charge is -2.38. The Morgan fingerprint density at radius 3 is 2.50 bits per heavy atom. The van der Waals surface area contributed by atoms with Gasteiger partial charge in [-0.3, -0.25) is 0 Å². The molecule has 112 valence electrons. The highest BCUT2D eigenvalue weighted by molar-refractivity contribution is 7.89. The van der Waals surface area contributed by atoms with E-state index in [0.717, 1.165) is 12.8 Å². The van der Waals surface area contributed by atoms with Gasteiger partial charge in [-0.2, -0.15) is 4.31 Å². The summed E-state index contributed by atoms with van der Waals surface area (Å²) in [5.41, 5.74) is 0.0282. The lowest BCUT2D eigenvalue weighted by molar-refractivity contribution is 0.219. The van der Waals surface area contributed by atoms with Crippen LogP contribution in [-0.4, -0.2) is 45.5 Å². The molecule has 0 spiro atoms. The fourth-order valence-corrected chi connectivity index (χ4v) is 3.86. The van der Waals surface area contributed by atoms with E-state index < -0.39 is 10.0 Å². The molecule has 1 N–H and O–H groups in total. The van der Waals surface area contributed by atoms with E-state index in [1.165, 1.54) is 7.11 Å². The molecular weight excluding hydrogens is 276 g/mol. The smallest absolute Gasteiger partial charge is 0.243 e. The summed E-state index contributed by atoms with van der Waals surface area (Å²) in [4.78, 5) is 0.296. The second-order valence-electron chi connectivity index (χ2n) is 5.39. The first-order chi connectivity index (χ1) is 9.41. The monoisotopic (exact) mass is 298 g/mol. The fraction of sp³-hybridized carbons (Fsp3) is 0.571. The predicted molar refractivity (Wildman–Crippen MR) is 78.5 cm³/mol. The molecule has 0 aliphatic carbocycles. The molecule has 0 saturated carbocycles. The van der Waals surface area contributed by atoms with E-state index >= 15 is 0 Å². The van der Waals surface area contributed by atoms with Crippen LogP contribution in [0.4, 0.5) is 0 Å². The van der Waals surface area contributed by atoms with Crippen molar-refractivity contribution in [2.75, 3.05) is 27.2 Å². The van der Waals surface area contributed by atoms with Gasteiger partial charge in [-0.15, -0.1) is 0 Å². The summed E-state index contributed by atoms with van der Waals surface area (Å²) >= 11 is 0. The third-order valence-electron chi connectivity index (χ3n) is 4.11. The molecule has 1 aliphatic rings. The summed E-state index contributed by atoms with van der Waals surface area (Å²) in [5, 5.41) is 3.27. The number of sulfonamides is 1. The molecule has 6 heteroatoms. The van der Waals surface area contributed by atoms with Gasteiger partial charge < -0.3 is 10.1 Å². The quantitative estimate of drug-likeness (QED) is 0.914. The molecule has 1 saturated heterocycles. The number of rotatable bonds is 4. The van der Waals surface area contributed by atoms with E-state index in [4.69, 9.17) is 4.74 Å². The van der Waals surface area contributed by atoms with Crippen LogP contribution in [0.3, 0.4) is 0 Å². The van der Waals surface area contributed by atoms with E-state index in [-0.39, 0.29) is 5.54 Å². The van der Waals surface area contributed by atoms with Crippen molar-refractivity contribution in [3.63, 3.8) is 0 Å². The van der Waals surface area contributed by atoms with Crippen LogP contribution in [-0.2, 0) is 10.0 Å². The summed E-state index contributed by atoms with van der Waals surface area (Å²) in [6.45, 7) is 3.20. The SMILES string of the molecule is CNC1(C)CCN(S(=O)(=O)c2cccc(OC)c2)CC1. The number of nitrogens with zero attached hydrogens (tertiary/aromatic N) is 1. The molecular formula is C14H22N2O3S. The number of piperidine rings is 1. The zero-order chi connectivity index (χ0) is 14.8. The molecule has 1 heterocycles. The number of hydrogen-bond donors (Lipinski definition) is 1. The molecule has 2 rings (SSSR count). The highest BCUT2D eigenvalue weighted by atomic mass is 32.2. The summed E-state index contributed by atoms with van der Waals surface area (Å²) in [6, 6.07) is 6.63. The Bertz CT molecular complexity index is 564. The van der Waals surface area contributed by atoms with Gasteiger partial charge in [0.25, 0.3) is 0 Å². The van der Waals surface area contributed by atoms with Gasteiger partial charge in [0.2, 0.25) is 10.0 Å². The molecule has 20 heavy (non-hydrogen) atoms. The van der Waals surface area contributed by atoms with Crippen molar-refractivity contribution in [2.24, 2.45) is 0 Å². The van der Waals surface area contributed by atoms with Gasteiger partial charge in [0.1, 0.15) is 5.75 Å². The predicted octanol–water partition coefficient (Wildman–Crippen LogP) is 1.46. The van der Waals surface area contributed by atoms with Crippen LogP contribution in [0.1, 0.15) is 19.8 Å². The lowest BCUT2D eigenvalue weighted by Crippen LogP contribution is -2.51. The van der Waals surface area contributed by atoms with Gasteiger partial charge in [0.15, 0.2) is 0 Å². The van der Waals surface area contributed by atoms with Crippen molar-refractivity contribution in [2.45, 2.75) is 30.2 Å². The number of ether oxygens (including phenoxy) is 1. The zero-order valence-electron chi connectivity index (χ0n) is 12.2. The van der Waals surface area contributed by atoms with Gasteiger partial charge in [0, 0.05) is 24.7 Å². The van der Waals surface area contributed by atoms with Crippen LogP contribution in [0.15, 0.2) is 29.2 Å². The van der Waals surface area contributed by atoms with Crippen molar-refractivity contribution in [3.05, 3.63) is 24.3 Å². The molecule has 1 aromatic rings. The number of nitrogens with one attached hydrogen (secondary N) is 1. The average Bonchev–Trinajstić information content (AvgIpc) is 2.48. The minimum absolute atomic E-state index is 0.0282. The maximum Gasteiger partial charge on any atom is 0.243 e. The molecule has 0 aromatic heterocycles. The third-order valence-corrected chi connectivity index (χ3v) is 6.00. The second-order valence-corrected chi connectivity index (χ2v) is 7.33. The van der Waals surface area contributed by atoms with Crippen molar-refractivity contribution in [1.29, 1.82) is 0 Å². The molecule has 5 nitrogen and oxygen atoms in total. The first-order valence-corrected chi connectivity index (χ1v) is 8.18. The highest BCUT2D eigenvalue weighted by Gasteiger charge is 2.34. The maximum absolute atomic E-state index is 12.6. The Morgan fingerprint density at radius 2 is 1.95 bits per heavy atom. The minimum Gasteiger partial charge on any atom is -0.497 e. The standard InChI is InChI=1S/C14H22N2O3S/c1-14(15-2)7-9-16(10-8-14)20(17,18)13-6-4-5-12(11-13)19-3/h4-6,11,15H,7-10H2,1-3H3. The van der Waals surface area contributed by atoms with E-state index in [0.29, 0.717) is 23.7 Å². The van der Waals surface area contributed by atoms with E-state index in [1.54, 1.807) is 28.6 Å². The number of methoxy groups -OCH3 is 1. The summed E-state index contributed by atoms with van der Waals surface area (Å²) in [5.74, 6) is 0.558. The molecule has 1 aromatic carbocycles. The fourth-order valence-electron chi connectivity index (χ4n) is 2.38. The van der Waals surface area contributed by atoms with Crippen molar-refractivity contribution >= 4 is 10.0 Å². The van der Waals surface area contributed by atoms with Crippen LogP contribution in [0, 0.1) is 0 Å². The highest BCUT2D eigenvalue weighted by Crippen LogP contribution is 2.27. The van der Waals surface area contributed by atoms with Crippen LogP contribution in [0.2, 0.25) is 0 Å². The Morgan fingerprint density at radius 1 is 1.30 bits per heavy atom. The first kappa shape index (κ1) is 15.3. The average molecular weight is 298 g/mol. The first-order valence-electron chi connectivity index (χ1n) is 6.74. The van der Waals surface area contributed by atoms with Gasteiger partial charge in [0.05, 0.1) is 12.0 Å². The maximum atomic E-state index is 12.6. The van der Waals surface area contributed by atoms with Crippen LogP contribution in [0.25, 0.3) is 0 Å². The van der Waals surface area contributed by atoms with E-state index in [2.05, 4.69) is 12.2 Å². The van der Waals surface area contributed by atoms with Crippen LogP contribution < -0.4 is 10.1 Å². The van der Waals surface area contributed by atoms with Gasteiger partial charge in [-0.05, 0) is 38.9 Å². The Kier molecular flexibility index (Phi) is 4.36. The van der Waals surface area contributed by atoms with Crippen molar-refractivity contribution in [3.8, 4) is 5.75 Å². The van der Waals surface area contributed by atoms with E-state index in [9.17, 15) is 8.42 Å². The molecule has 1 aliphatic heterocycles. The molecule has 1 fully saturated rings. The third kappa shape index (κ3) is 2.97. The Labute approximate surface area is 121 Å². The molecule has 0 atom stereocenters. The van der Waals surface area contributed by atoms with Crippen LogP contribution in [0.5, 0.6) is 5.75 Å². The minimum atomic E-state index is -3.43. The topological polar surface area (TPSA) is 58.6 Å². The second kappa shape index (κ2) is 5.71. The van der Waals surface area contributed by atoms with Crippen molar-refractivity contribution in [1.82, 2.24) is 9.62 Å². The molecule has 0 amide bonds. The lowest BCUT2D eigenvalue weighted by atomic mass is 9.91. The van der Waals surface area contributed by atoms with E-state index in [1.807, 2.05) is 7.05 Å². The summed E-state index contributed by atoms with van der Waals surface area (Å²) in [7, 11) is 0.0281. The largest absolute Gasteiger partial charge is 0.497 e.